The Balaban J connectivity index is 1.65. The number of benzene rings is 2. The second-order valence-corrected chi connectivity index (χ2v) is 6.08. The molecule has 1 N–H and O–H groups in total. The molecule has 26 heavy (non-hydrogen) atoms. The molecule has 0 aromatic heterocycles. The molecule has 2 aromatic carbocycles. The molecule has 2 aromatic rings. The highest BCUT2D eigenvalue weighted by atomic mass is 16.5. The van der Waals surface area contributed by atoms with Gasteiger partial charge in [0.15, 0.2) is 0 Å². The molecule has 1 aliphatic rings. The van der Waals surface area contributed by atoms with Crippen molar-refractivity contribution in [3.63, 3.8) is 0 Å². The van der Waals surface area contributed by atoms with E-state index in [1.807, 2.05) is 30.3 Å². The van der Waals surface area contributed by atoms with Crippen molar-refractivity contribution in [3.8, 4) is 5.75 Å². The van der Waals surface area contributed by atoms with Gasteiger partial charge in [0.1, 0.15) is 12.4 Å². The highest BCUT2D eigenvalue weighted by Crippen LogP contribution is 2.33. The summed E-state index contributed by atoms with van der Waals surface area (Å²) in [6, 6.07) is 14.7. The van der Waals surface area contributed by atoms with Crippen molar-refractivity contribution in [1.29, 1.82) is 0 Å². The zero-order valence-corrected chi connectivity index (χ0v) is 14.7. The van der Waals surface area contributed by atoms with E-state index in [1.165, 1.54) is 0 Å². The minimum Gasteiger partial charge on any atom is -0.494 e. The number of nitrogens with zero attached hydrogens (tertiary/aromatic N) is 1. The van der Waals surface area contributed by atoms with E-state index in [9.17, 15) is 9.59 Å². The minimum absolute atomic E-state index is 0.0949. The lowest BCUT2D eigenvalue weighted by Gasteiger charge is -2.28. The zero-order chi connectivity index (χ0) is 18.4. The first kappa shape index (κ1) is 17.8. The first-order valence-electron chi connectivity index (χ1n) is 8.63. The smallest absolute Gasteiger partial charge is 0.411 e. The Morgan fingerprint density at radius 1 is 1.15 bits per heavy atom. The van der Waals surface area contributed by atoms with Crippen LogP contribution in [0.25, 0.3) is 0 Å². The van der Waals surface area contributed by atoms with E-state index in [-0.39, 0.29) is 12.5 Å². The molecule has 1 aliphatic heterocycles. The fourth-order valence-electron chi connectivity index (χ4n) is 2.92. The van der Waals surface area contributed by atoms with Crippen molar-refractivity contribution in [1.82, 2.24) is 0 Å². The van der Waals surface area contributed by atoms with Gasteiger partial charge in [-0.2, -0.15) is 0 Å². The van der Waals surface area contributed by atoms with Gasteiger partial charge in [-0.1, -0.05) is 30.3 Å². The largest absolute Gasteiger partial charge is 0.494 e. The van der Waals surface area contributed by atoms with Crippen LogP contribution < -0.4 is 15.0 Å². The molecule has 2 amide bonds. The van der Waals surface area contributed by atoms with Crippen LogP contribution in [0.5, 0.6) is 5.75 Å². The summed E-state index contributed by atoms with van der Waals surface area (Å²) in [5.41, 5.74) is 2.19. The molecular weight excluding hydrogens is 332 g/mol. The van der Waals surface area contributed by atoms with Crippen molar-refractivity contribution >= 4 is 23.4 Å². The maximum Gasteiger partial charge on any atom is 0.411 e. The summed E-state index contributed by atoms with van der Waals surface area (Å²) in [5.74, 6) is 0.638. The lowest BCUT2D eigenvalue weighted by atomic mass is 10.1. The molecule has 3 rings (SSSR count). The van der Waals surface area contributed by atoms with Gasteiger partial charge in [0.2, 0.25) is 5.91 Å². The monoisotopic (exact) mass is 354 g/mol. The van der Waals surface area contributed by atoms with Crippen molar-refractivity contribution in [2.24, 2.45) is 0 Å². The topological polar surface area (TPSA) is 67.9 Å². The zero-order valence-electron chi connectivity index (χ0n) is 14.7. The molecule has 0 saturated carbocycles. The third-order valence-electron chi connectivity index (χ3n) is 4.25. The predicted molar refractivity (Wildman–Crippen MR) is 99.4 cm³/mol. The van der Waals surface area contributed by atoms with Gasteiger partial charge in [0, 0.05) is 24.7 Å². The first-order chi connectivity index (χ1) is 12.7. The van der Waals surface area contributed by atoms with Gasteiger partial charge in [-0.15, -0.1) is 0 Å². The third-order valence-corrected chi connectivity index (χ3v) is 4.25. The molecule has 1 saturated heterocycles. The van der Waals surface area contributed by atoms with Crippen molar-refractivity contribution in [3.05, 3.63) is 54.1 Å². The SMILES string of the molecule is COc1cc(NC(=O)OCc2ccccc2)ccc1N1CCCCC1=O. The molecule has 0 atom stereocenters. The Bertz CT molecular complexity index is 777. The summed E-state index contributed by atoms with van der Waals surface area (Å²) in [7, 11) is 1.55. The van der Waals surface area contributed by atoms with Crippen molar-refractivity contribution < 1.29 is 19.1 Å². The number of amides is 2. The van der Waals surface area contributed by atoms with E-state index in [1.54, 1.807) is 30.2 Å². The second kappa shape index (κ2) is 8.38. The summed E-state index contributed by atoms with van der Waals surface area (Å²) < 4.78 is 10.6. The molecule has 0 spiro atoms. The number of carbonyl (C=O) groups is 2. The van der Waals surface area contributed by atoms with Crippen LogP contribution in [0.15, 0.2) is 48.5 Å². The van der Waals surface area contributed by atoms with Crippen LogP contribution in [-0.4, -0.2) is 25.7 Å². The number of anilines is 2. The maximum atomic E-state index is 12.1. The number of piperidine rings is 1. The highest BCUT2D eigenvalue weighted by Gasteiger charge is 2.22. The summed E-state index contributed by atoms with van der Waals surface area (Å²) >= 11 is 0. The van der Waals surface area contributed by atoms with Crippen LogP contribution in [0, 0.1) is 0 Å². The Labute approximate surface area is 152 Å². The fraction of sp³-hybridized carbons (Fsp3) is 0.300. The van der Waals surface area contributed by atoms with Crippen LogP contribution in [0.2, 0.25) is 0 Å². The molecule has 0 aliphatic carbocycles. The van der Waals surface area contributed by atoms with Crippen LogP contribution in [0.1, 0.15) is 24.8 Å². The lowest BCUT2D eigenvalue weighted by Crippen LogP contribution is -2.35. The van der Waals surface area contributed by atoms with Crippen molar-refractivity contribution in [2.75, 3.05) is 23.9 Å². The average Bonchev–Trinajstić information content (AvgIpc) is 2.68. The quantitative estimate of drug-likeness (QED) is 0.882. The molecule has 6 heteroatoms. The van der Waals surface area contributed by atoms with Gasteiger partial charge >= 0.3 is 6.09 Å². The van der Waals surface area contributed by atoms with Gasteiger partial charge in [0.05, 0.1) is 12.8 Å². The number of nitrogens with one attached hydrogen (secondary N) is 1. The number of methoxy groups -OCH3 is 1. The molecule has 0 bridgehead atoms. The molecule has 1 fully saturated rings. The Morgan fingerprint density at radius 2 is 1.96 bits per heavy atom. The van der Waals surface area contributed by atoms with Crippen LogP contribution >= 0.6 is 0 Å². The molecule has 136 valence electrons. The van der Waals surface area contributed by atoms with Crippen molar-refractivity contribution in [2.45, 2.75) is 25.9 Å². The minimum atomic E-state index is -0.544. The van der Waals surface area contributed by atoms with E-state index < -0.39 is 6.09 Å². The van der Waals surface area contributed by atoms with Gasteiger partial charge in [-0.05, 0) is 30.5 Å². The number of rotatable bonds is 5. The maximum absolute atomic E-state index is 12.1. The van der Waals surface area contributed by atoms with Gasteiger partial charge in [0.25, 0.3) is 0 Å². The van der Waals surface area contributed by atoms with E-state index in [0.717, 1.165) is 24.1 Å². The third kappa shape index (κ3) is 4.33. The Kier molecular flexibility index (Phi) is 5.73. The highest BCUT2D eigenvalue weighted by molar-refractivity contribution is 5.96. The predicted octanol–water partition coefficient (Wildman–Crippen LogP) is 3.96. The van der Waals surface area contributed by atoms with Gasteiger partial charge in [-0.25, -0.2) is 4.79 Å². The Morgan fingerprint density at radius 3 is 2.69 bits per heavy atom. The second-order valence-electron chi connectivity index (χ2n) is 6.08. The van der Waals surface area contributed by atoms with Crippen LogP contribution in [0.4, 0.5) is 16.2 Å². The summed E-state index contributed by atoms with van der Waals surface area (Å²) in [4.78, 5) is 25.8. The van der Waals surface area contributed by atoms with E-state index in [0.29, 0.717) is 24.4 Å². The van der Waals surface area contributed by atoms with Gasteiger partial charge < -0.3 is 14.4 Å². The standard InChI is InChI=1S/C20H22N2O4/c1-25-18-13-16(10-11-17(18)22-12-6-5-9-19(22)23)21-20(24)26-14-15-7-3-2-4-8-15/h2-4,7-8,10-11,13H,5-6,9,12,14H2,1H3,(H,21,24). The fourth-order valence-corrected chi connectivity index (χ4v) is 2.92. The molecule has 0 radical (unpaired) electrons. The number of carbonyl (C=O) groups excluding carboxylic acids is 2. The van der Waals surface area contributed by atoms with E-state index in [4.69, 9.17) is 9.47 Å². The molecular formula is C20H22N2O4. The lowest BCUT2D eigenvalue weighted by molar-refractivity contribution is -0.119. The first-order valence-corrected chi connectivity index (χ1v) is 8.63. The number of ether oxygens (including phenoxy) is 2. The summed E-state index contributed by atoms with van der Waals surface area (Å²) in [5, 5.41) is 2.68. The van der Waals surface area contributed by atoms with E-state index >= 15 is 0 Å². The molecule has 0 unspecified atom stereocenters. The molecule has 6 nitrogen and oxygen atoms in total. The number of hydrogen-bond acceptors (Lipinski definition) is 4. The van der Waals surface area contributed by atoms with Gasteiger partial charge in [-0.3, -0.25) is 10.1 Å². The molecule has 1 heterocycles. The van der Waals surface area contributed by atoms with Crippen LogP contribution in [0.3, 0.4) is 0 Å². The van der Waals surface area contributed by atoms with E-state index in [2.05, 4.69) is 5.32 Å². The summed E-state index contributed by atoms with van der Waals surface area (Å²) in [6.45, 7) is 0.880. The Hall–Kier alpha value is -3.02. The normalized spacial score (nSPS) is 14.0. The van der Waals surface area contributed by atoms with Crippen LogP contribution in [-0.2, 0) is 16.1 Å². The number of hydrogen-bond donors (Lipinski definition) is 1. The summed E-state index contributed by atoms with van der Waals surface area (Å²) in [6.07, 6.45) is 1.90. The average molecular weight is 354 g/mol.